The molecule has 1 fully saturated rings. The maximum Gasteiger partial charge on any atom is 0.191 e. The highest BCUT2D eigenvalue weighted by Gasteiger charge is 2.21. The molecule has 0 bridgehead atoms. The molecule has 0 amide bonds. The van der Waals surface area contributed by atoms with E-state index in [4.69, 9.17) is 0 Å². The first-order chi connectivity index (χ1) is 7.25. The van der Waals surface area contributed by atoms with Crippen molar-refractivity contribution < 1.29 is 0 Å². The standard InChI is InChI=1S/C10H19N5/c1-7-4-3-5-9(6-7)11-8(2)10-12-14-15-13-10/h7-9,11H,3-6H2,1-2H3,(H,12,13,14,15). The summed E-state index contributed by atoms with van der Waals surface area (Å²) >= 11 is 0. The molecule has 5 nitrogen and oxygen atoms in total. The first kappa shape index (κ1) is 10.5. The molecule has 3 atom stereocenters. The van der Waals surface area contributed by atoms with Gasteiger partial charge in [-0.25, -0.2) is 0 Å². The van der Waals surface area contributed by atoms with Crippen LogP contribution in [0.5, 0.6) is 0 Å². The molecule has 1 heterocycles. The molecule has 0 spiro atoms. The number of nitrogens with zero attached hydrogens (tertiary/aromatic N) is 3. The van der Waals surface area contributed by atoms with Gasteiger partial charge in [0.05, 0.1) is 6.04 Å². The van der Waals surface area contributed by atoms with E-state index in [-0.39, 0.29) is 6.04 Å². The molecule has 1 aromatic heterocycles. The molecule has 5 heteroatoms. The monoisotopic (exact) mass is 209 g/mol. The number of tetrazole rings is 1. The molecule has 1 saturated carbocycles. The van der Waals surface area contributed by atoms with E-state index in [2.05, 4.69) is 39.8 Å². The van der Waals surface area contributed by atoms with E-state index in [0.29, 0.717) is 6.04 Å². The van der Waals surface area contributed by atoms with E-state index in [1.807, 2.05) is 0 Å². The number of H-pyrrole nitrogens is 1. The van der Waals surface area contributed by atoms with Crippen molar-refractivity contribution >= 4 is 0 Å². The van der Waals surface area contributed by atoms with Crippen molar-refractivity contribution in [1.82, 2.24) is 25.9 Å². The molecule has 0 aliphatic heterocycles. The average molecular weight is 209 g/mol. The molecule has 1 aromatic rings. The summed E-state index contributed by atoms with van der Waals surface area (Å²) in [5.41, 5.74) is 0. The van der Waals surface area contributed by atoms with E-state index in [0.717, 1.165) is 11.7 Å². The largest absolute Gasteiger partial charge is 0.305 e. The van der Waals surface area contributed by atoms with Crippen LogP contribution in [0.15, 0.2) is 0 Å². The van der Waals surface area contributed by atoms with Crippen molar-refractivity contribution in [2.45, 2.75) is 51.6 Å². The Labute approximate surface area is 90.0 Å². The summed E-state index contributed by atoms with van der Waals surface area (Å²) in [7, 11) is 0. The van der Waals surface area contributed by atoms with Gasteiger partial charge in [0.2, 0.25) is 0 Å². The number of nitrogens with one attached hydrogen (secondary N) is 2. The predicted octanol–water partition coefficient (Wildman–Crippen LogP) is 1.43. The maximum atomic E-state index is 3.99. The zero-order valence-electron chi connectivity index (χ0n) is 9.40. The highest BCUT2D eigenvalue weighted by atomic mass is 15.5. The molecule has 2 rings (SSSR count). The Hall–Kier alpha value is -0.970. The highest BCUT2D eigenvalue weighted by molar-refractivity contribution is 4.89. The fourth-order valence-electron chi connectivity index (χ4n) is 2.37. The molecule has 0 saturated heterocycles. The molecule has 0 aromatic carbocycles. The summed E-state index contributed by atoms with van der Waals surface area (Å²) < 4.78 is 0. The summed E-state index contributed by atoms with van der Waals surface area (Å²) in [6.45, 7) is 4.41. The topological polar surface area (TPSA) is 66.5 Å². The van der Waals surface area contributed by atoms with Crippen LogP contribution in [0.1, 0.15) is 51.4 Å². The van der Waals surface area contributed by atoms with Crippen LogP contribution in [0.4, 0.5) is 0 Å². The first-order valence-electron chi connectivity index (χ1n) is 5.75. The minimum absolute atomic E-state index is 0.194. The Balaban J connectivity index is 1.86. The third kappa shape index (κ3) is 2.75. The van der Waals surface area contributed by atoms with Gasteiger partial charge in [0, 0.05) is 6.04 Å². The van der Waals surface area contributed by atoms with Gasteiger partial charge in [0.25, 0.3) is 0 Å². The molecule has 15 heavy (non-hydrogen) atoms. The lowest BCUT2D eigenvalue weighted by Gasteiger charge is -2.29. The Bertz CT molecular complexity index is 284. The van der Waals surface area contributed by atoms with Crippen molar-refractivity contribution in [3.8, 4) is 0 Å². The van der Waals surface area contributed by atoms with Crippen molar-refractivity contribution in [2.24, 2.45) is 5.92 Å². The lowest BCUT2D eigenvalue weighted by Crippen LogP contribution is -2.35. The van der Waals surface area contributed by atoms with Crippen molar-refractivity contribution in [3.63, 3.8) is 0 Å². The van der Waals surface area contributed by atoms with Crippen LogP contribution in [0.2, 0.25) is 0 Å². The molecule has 2 N–H and O–H groups in total. The molecule has 0 radical (unpaired) electrons. The van der Waals surface area contributed by atoms with E-state index in [1.54, 1.807) is 0 Å². The van der Waals surface area contributed by atoms with Crippen LogP contribution < -0.4 is 5.32 Å². The highest BCUT2D eigenvalue weighted by Crippen LogP contribution is 2.24. The van der Waals surface area contributed by atoms with Gasteiger partial charge >= 0.3 is 0 Å². The van der Waals surface area contributed by atoms with Crippen LogP contribution in [0.3, 0.4) is 0 Å². The maximum absolute atomic E-state index is 3.99. The van der Waals surface area contributed by atoms with Crippen LogP contribution in [-0.4, -0.2) is 26.7 Å². The molecule has 1 aliphatic rings. The van der Waals surface area contributed by atoms with Crippen molar-refractivity contribution in [1.29, 1.82) is 0 Å². The number of hydrogen-bond acceptors (Lipinski definition) is 4. The Morgan fingerprint density at radius 2 is 2.33 bits per heavy atom. The molecule has 84 valence electrons. The Kier molecular flexibility index (Phi) is 3.30. The number of hydrogen-bond donors (Lipinski definition) is 2. The summed E-state index contributed by atoms with van der Waals surface area (Å²) in [6, 6.07) is 0.807. The van der Waals surface area contributed by atoms with Crippen LogP contribution in [0, 0.1) is 5.92 Å². The van der Waals surface area contributed by atoms with Gasteiger partial charge in [0.1, 0.15) is 0 Å². The number of aromatic amines is 1. The first-order valence-corrected chi connectivity index (χ1v) is 5.75. The zero-order chi connectivity index (χ0) is 10.7. The van der Waals surface area contributed by atoms with Crippen LogP contribution in [0.25, 0.3) is 0 Å². The van der Waals surface area contributed by atoms with E-state index >= 15 is 0 Å². The summed E-state index contributed by atoms with van der Waals surface area (Å²) in [5.74, 6) is 1.60. The number of rotatable bonds is 3. The minimum Gasteiger partial charge on any atom is -0.305 e. The van der Waals surface area contributed by atoms with Crippen molar-refractivity contribution in [3.05, 3.63) is 5.82 Å². The van der Waals surface area contributed by atoms with Crippen molar-refractivity contribution in [2.75, 3.05) is 0 Å². The molecule has 3 unspecified atom stereocenters. The second kappa shape index (κ2) is 4.70. The Morgan fingerprint density at radius 3 is 3.00 bits per heavy atom. The Morgan fingerprint density at radius 1 is 1.47 bits per heavy atom. The predicted molar refractivity (Wildman–Crippen MR) is 57.1 cm³/mol. The molecule has 1 aliphatic carbocycles. The fraction of sp³-hybridized carbons (Fsp3) is 0.900. The SMILES string of the molecule is CC1CCCC(NC(C)c2nn[nH]n2)C1. The van der Waals surface area contributed by atoms with Gasteiger partial charge in [-0.3, -0.25) is 0 Å². The third-order valence-corrected chi connectivity index (χ3v) is 3.17. The fourth-order valence-corrected chi connectivity index (χ4v) is 2.37. The van der Waals surface area contributed by atoms with Gasteiger partial charge in [-0.15, -0.1) is 10.2 Å². The van der Waals surface area contributed by atoms with Gasteiger partial charge in [-0.1, -0.05) is 25.0 Å². The molecular weight excluding hydrogens is 190 g/mol. The van der Waals surface area contributed by atoms with Gasteiger partial charge in [-0.2, -0.15) is 5.21 Å². The summed E-state index contributed by atoms with van der Waals surface area (Å²) in [5, 5.41) is 17.6. The normalized spacial score (nSPS) is 28.9. The molecular formula is C10H19N5. The summed E-state index contributed by atoms with van der Waals surface area (Å²) in [4.78, 5) is 0. The summed E-state index contributed by atoms with van der Waals surface area (Å²) in [6.07, 6.45) is 5.24. The second-order valence-electron chi connectivity index (χ2n) is 4.63. The van der Waals surface area contributed by atoms with Gasteiger partial charge < -0.3 is 5.32 Å². The second-order valence-corrected chi connectivity index (χ2v) is 4.63. The zero-order valence-corrected chi connectivity index (χ0v) is 9.40. The van der Waals surface area contributed by atoms with Crippen LogP contribution >= 0.6 is 0 Å². The van der Waals surface area contributed by atoms with E-state index < -0.39 is 0 Å². The van der Waals surface area contributed by atoms with Gasteiger partial charge in [-0.05, 0) is 25.7 Å². The smallest absolute Gasteiger partial charge is 0.191 e. The minimum atomic E-state index is 0.194. The third-order valence-electron chi connectivity index (χ3n) is 3.17. The van der Waals surface area contributed by atoms with Crippen LogP contribution in [-0.2, 0) is 0 Å². The lowest BCUT2D eigenvalue weighted by atomic mass is 9.87. The van der Waals surface area contributed by atoms with Gasteiger partial charge in [0.15, 0.2) is 5.82 Å². The lowest BCUT2D eigenvalue weighted by molar-refractivity contribution is 0.282. The average Bonchev–Trinajstić information content (AvgIpc) is 2.70. The quantitative estimate of drug-likeness (QED) is 0.790. The van der Waals surface area contributed by atoms with E-state index in [1.165, 1.54) is 25.7 Å². The number of aromatic nitrogens is 4. The van der Waals surface area contributed by atoms with E-state index in [9.17, 15) is 0 Å².